The van der Waals surface area contributed by atoms with E-state index in [2.05, 4.69) is 0 Å². The third-order valence-electron chi connectivity index (χ3n) is 13.3. The van der Waals surface area contributed by atoms with Gasteiger partial charge in [0, 0.05) is 41.4 Å². The van der Waals surface area contributed by atoms with E-state index in [4.69, 9.17) is 47.4 Å². The van der Waals surface area contributed by atoms with Crippen LogP contribution in [0, 0.1) is 35.5 Å². The number of hydrogen-bond acceptors (Lipinski definition) is 24. The van der Waals surface area contributed by atoms with E-state index in [-0.39, 0.29) is 41.9 Å². The van der Waals surface area contributed by atoms with Crippen LogP contribution >= 0.6 is 0 Å². The molecule has 24 heteroatoms. The average molecular weight is 977 g/mol. The molecule has 4 heterocycles. The van der Waals surface area contributed by atoms with Crippen molar-refractivity contribution in [3.05, 3.63) is 47.0 Å². The van der Waals surface area contributed by atoms with Crippen LogP contribution < -0.4 is 0 Å². The lowest BCUT2D eigenvalue weighted by atomic mass is 9.82. The summed E-state index contributed by atoms with van der Waals surface area (Å²) in [6.45, 7) is 2.25. The molecule has 384 valence electrons. The van der Waals surface area contributed by atoms with Crippen molar-refractivity contribution in [1.29, 1.82) is 0 Å². The van der Waals surface area contributed by atoms with Gasteiger partial charge in [-0.1, -0.05) is 19.1 Å². The highest BCUT2D eigenvalue weighted by Gasteiger charge is 2.50. The normalized spacial score (nSPS) is 38.9. The van der Waals surface area contributed by atoms with E-state index in [0.29, 0.717) is 0 Å². The smallest absolute Gasteiger partial charge is 0.337 e. The lowest BCUT2D eigenvalue weighted by molar-refractivity contribution is -0.327. The fourth-order valence-electron chi connectivity index (χ4n) is 9.16. The number of esters is 4. The Morgan fingerprint density at radius 3 is 1.51 bits per heavy atom. The van der Waals surface area contributed by atoms with Crippen molar-refractivity contribution in [3.63, 3.8) is 0 Å². The second-order valence-electron chi connectivity index (χ2n) is 17.1. The third-order valence-corrected chi connectivity index (χ3v) is 13.3. The lowest BCUT2D eigenvalue weighted by Gasteiger charge is -2.42. The van der Waals surface area contributed by atoms with E-state index in [0.717, 1.165) is 26.7 Å². The average Bonchev–Trinajstić information content (AvgIpc) is 3.61. The maximum absolute atomic E-state index is 13.6. The summed E-state index contributed by atoms with van der Waals surface area (Å²) in [5, 5.41) is 103. The second kappa shape index (κ2) is 24.6. The molecule has 3 fully saturated rings. The minimum Gasteiger partial charge on any atom is -0.468 e. The van der Waals surface area contributed by atoms with Gasteiger partial charge in [0.25, 0.3) is 0 Å². The molecule has 0 unspecified atom stereocenters. The van der Waals surface area contributed by atoms with Crippen molar-refractivity contribution in [3.8, 4) is 0 Å². The molecular weight excluding hydrogens is 912 g/mol. The molecule has 0 spiro atoms. The fraction of sp³-hybridized carbons (Fsp3) is 0.727. The highest BCUT2D eigenvalue weighted by atomic mass is 16.8. The molecule has 0 bridgehead atoms. The Morgan fingerprint density at radius 1 is 0.676 bits per heavy atom. The Balaban J connectivity index is 1.24. The summed E-state index contributed by atoms with van der Waals surface area (Å²) in [7, 11) is 2.23. The maximum Gasteiger partial charge on any atom is 0.337 e. The molecule has 2 saturated heterocycles. The molecule has 1 saturated carbocycles. The Morgan fingerprint density at radius 2 is 1.12 bits per heavy atom. The summed E-state index contributed by atoms with van der Waals surface area (Å²) in [5.74, 6) is -7.89. The minimum absolute atomic E-state index is 0.0933. The largest absolute Gasteiger partial charge is 0.468 e. The molecule has 10 N–H and O–H groups in total. The Kier molecular flexibility index (Phi) is 19.9. The number of carbonyl (C=O) groups excluding carboxylic acids is 4. The summed E-state index contributed by atoms with van der Waals surface area (Å²) in [6.07, 6.45) is -15.8. The number of carbonyl (C=O) groups is 4. The molecule has 0 aromatic rings. The monoisotopic (exact) mass is 976 g/mol. The molecule has 0 amide bonds. The molecule has 0 radical (unpaired) electrons. The number of hydrogen-bond donors (Lipinski definition) is 10. The maximum atomic E-state index is 13.6. The van der Waals surface area contributed by atoms with Gasteiger partial charge in [-0.2, -0.15) is 0 Å². The minimum atomic E-state index is -1.79. The van der Waals surface area contributed by atoms with Gasteiger partial charge in [-0.05, 0) is 32.1 Å². The molecule has 0 aromatic carbocycles. The zero-order chi connectivity index (χ0) is 50.1. The Hall–Kier alpha value is -4.12. The van der Waals surface area contributed by atoms with E-state index >= 15 is 0 Å². The number of methoxy groups -OCH3 is 2. The second-order valence-corrected chi connectivity index (χ2v) is 17.1. The van der Waals surface area contributed by atoms with E-state index in [1.807, 2.05) is 0 Å². The van der Waals surface area contributed by atoms with Gasteiger partial charge in [0.15, 0.2) is 12.6 Å². The molecule has 68 heavy (non-hydrogen) atoms. The molecule has 5 rings (SSSR count). The van der Waals surface area contributed by atoms with E-state index < -0.39 is 172 Å². The first-order valence-electron chi connectivity index (χ1n) is 22.1. The first-order chi connectivity index (χ1) is 32.4. The standard InChI is InChI=1S/C44H64O24/c1-6-20-23(26(39(57)59-4)16-63-41(20)67-43-37(55)35(53)33(51)29(12-46)65-43)9-31(49)61-14-19(11-45)22-8-28(48)18(3)25(22)15-62-32(50)10-24-21(7-2)42(64-17-27(24)40(58)60-5)68-44-38(56)36(54)34(52)30(13-47)66-44/h6-7,16-19,22-25,28-30,33-38,41-48,51-56H,8-15H2,1-5H3/b20-6+,21-7+/t18-,19-,22+,23+,24+,25-,28-,29-,30-,33-,34-,35+,36+,37-,38-,41+,42+,43+,44+/m1/s1. The van der Waals surface area contributed by atoms with Crippen molar-refractivity contribution in [1.82, 2.24) is 0 Å². The number of aliphatic hydroxyl groups is 10. The molecule has 0 aromatic heterocycles. The molecular formula is C44H64O24. The predicted molar refractivity (Wildman–Crippen MR) is 223 cm³/mol. The number of rotatable bonds is 18. The summed E-state index contributed by atoms with van der Waals surface area (Å²) in [5.41, 5.74) is 0.181. The van der Waals surface area contributed by atoms with Crippen molar-refractivity contribution < 1.29 is 118 Å². The van der Waals surface area contributed by atoms with E-state index in [9.17, 15) is 70.2 Å². The van der Waals surface area contributed by atoms with Crippen LogP contribution in [0.2, 0.25) is 0 Å². The topological polar surface area (TPSA) is 363 Å². The zero-order valence-corrected chi connectivity index (χ0v) is 38.1. The number of allylic oxidation sites excluding steroid dienone is 2. The number of aliphatic hydroxyl groups excluding tert-OH is 10. The Bertz CT molecular complexity index is 1860. The van der Waals surface area contributed by atoms with Crippen LogP contribution in [0.5, 0.6) is 0 Å². The summed E-state index contributed by atoms with van der Waals surface area (Å²) >= 11 is 0. The summed E-state index contributed by atoms with van der Waals surface area (Å²) in [4.78, 5) is 52.9. The first kappa shape index (κ1) is 54.8. The van der Waals surface area contributed by atoms with Crippen LogP contribution in [0.1, 0.15) is 40.0 Å². The van der Waals surface area contributed by atoms with Gasteiger partial charge in [-0.3, -0.25) is 9.59 Å². The van der Waals surface area contributed by atoms with E-state index in [1.165, 1.54) is 12.2 Å². The molecule has 5 aliphatic rings. The zero-order valence-electron chi connectivity index (χ0n) is 38.1. The van der Waals surface area contributed by atoms with Gasteiger partial charge in [-0.15, -0.1) is 0 Å². The molecule has 4 aliphatic heterocycles. The molecule has 1 aliphatic carbocycles. The molecule has 24 nitrogen and oxygen atoms in total. The lowest BCUT2D eigenvalue weighted by Crippen LogP contribution is -2.60. The summed E-state index contributed by atoms with van der Waals surface area (Å²) < 4.78 is 55.0. The highest BCUT2D eigenvalue weighted by molar-refractivity contribution is 5.91. The van der Waals surface area contributed by atoms with Gasteiger partial charge in [0.1, 0.15) is 48.8 Å². The van der Waals surface area contributed by atoms with Gasteiger partial charge in [0.05, 0.1) is 83.3 Å². The molecule has 19 atom stereocenters. The SMILES string of the molecule is C/C=C1/[C@H](O[C@@H]2O[C@H](CO)[C@@H](O)[C@H](O)[C@H]2O)OC=C(C(=O)OC)[C@H]1CC(=O)OC[C@@H](CO)[C@@H]1C[C@@H](O)[C@H](C)[C@H]1COC(=O)C[C@@H]1C(C(=O)OC)=CO[C@@H](O[C@@H]2O[C@H](CO)[C@@H](O)[C@H](O)[C@H]2O)/C1=C/C. The van der Waals surface area contributed by atoms with Crippen molar-refractivity contribution in [2.24, 2.45) is 35.5 Å². The van der Waals surface area contributed by atoms with Gasteiger partial charge in [0.2, 0.25) is 12.6 Å². The fourth-order valence-corrected chi connectivity index (χ4v) is 9.16. The van der Waals surface area contributed by atoms with Gasteiger partial charge in [-0.25, -0.2) is 9.59 Å². The van der Waals surface area contributed by atoms with Crippen LogP contribution in [0.3, 0.4) is 0 Å². The van der Waals surface area contributed by atoms with Crippen molar-refractivity contribution >= 4 is 23.9 Å². The van der Waals surface area contributed by atoms with E-state index in [1.54, 1.807) is 20.8 Å². The first-order valence-corrected chi connectivity index (χ1v) is 22.1. The highest BCUT2D eigenvalue weighted by Crippen LogP contribution is 2.43. The van der Waals surface area contributed by atoms with Crippen LogP contribution in [0.25, 0.3) is 0 Å². The summed E-state index contributed by atoms with van der Waals surface area (Å²) in [6, 6.07) is 0. The van der Waals surface area contributed by atoms with Crippen molar-refractivity contribution in [2.75, 3.05) is 47.3 Å². The Labute approximate surface area is 390 Å². The van der Waals surface area contributed by atoms with Gasteiger partial charge < -0.3 is 98.4 Å². The quantitative estimate of drug-likeness (QED) is 0.0365. The van der Waals surface area contributed by atoms with Gasteiger partial charge >= 0.3 is 23.9 Å². The van der Waals surface area contributed by atoms with Crippen LogP contribution in [-0.4, -0.2) is 202 Å². The van der Waals surface area contributed by atoms with Crippen molar-refractivity contribution in [2.45, 2.75) is 120 Å². The predicted octanol–water partition coefficient (Wildman–Crippen LogP) is -3.32. The third kappa shape index (κ3) is 12.1. The van der Waals surface area contributed by atoms with Crippen LogP contribution in [-0.2, 0) is 66.5 Å². The van der Waals surface area contributed by atoms with Crippen LogP contribution in [0.15, 0.2) is 47.0 Å². The number of ether oxygens (including phenoxy) is 10. The van der Waals surface area contributed by atoms with Crippen LogP contribution in [0.4, 0.5) is 0 Å².